The highest BCUT2D eigenvalue weighted by Gasteiger charge is 2.07. The molecule has 0 atom stereocenters. The molecule has 134 valence electrons. The molecule has 2 N–H and O–H groups in total. The second-order valence-electron chi connectivity index (χ2n) is 6.14. The molecular formula is C20H18N6O. The molecule has 4 aromatic rings. The molecule has 27 heavy (non-hydrogen) atoms. The molecule has 0 spiro atoms. The lowest BCUT2D eigenvalue weighted by molar-refractivity contribution is 0.252. The van der Waals surface area contributed by atoms with E-state index < -0.39 is 0 Å². The van der Waals surface area contributed by atoms with E-state index in [0.29, 0.717) is 6.54 Å². The summed E-state index contributed by atoms with van der Waals surface area (Å²) in [4.78, 5) is 21.0. The first kappa shape index (κ1) is 16.7. The largest absolute Gasteiger partial charge is 0.334 e. The van der Waals surface area contributed by atoms with Gasteiger partial charge in [-0.15, -0.1) is 0 Å². The van der Waals surface area contributed by atoms with Crippen molar-refractivity contribution in [2.24, 2.45) is 7.05 Å². The summed E-state index contributed by atoms with van der Waals surface area (Å²) in [5.74, 6) is 0. The van der Waals surface area contributed by atoms with Gasteiger partial charge in [-0.05, 0) is 35.9 Å². The van der Waals surface area contributed by atoms with Crippen molar-refractivity contribution in [2.45, 2.75) is 6.54 Å². The summed E-state index contributed by atoms with van der Waals surface area (Å²) < 4.78 is 1.74. The second kappa shape index (κ2) is 7.25. The second-order valence-corrected chi connectivity index (χ2v) is 6.14. The van der Waals surface area contributed by atoms with Crippen LogP contribution in [-0.2, 0) is 13.6 Å². The number of fused-ring (bicyclic) bond motifs is 1. The van der Waals surface area contributed by atoms with Gasteiger partial charge in [0.15, 0.2) is 0 Å². The monoisotopic (exact) mass is 358 g/mol. The number of anilines is 1. The Morgan fingerprint density at radius 1 is 1.07 bits per heavy atom. The number of nitrogens with zero attached hydrogens (tertiary/aromatic N) is 4. The normalized spacial score (nSPS) is 10.7. The van der Waals surface area contributed by atoms with Gasteiger partial charge in [0.2, 0.25) is 0 Å². The number of benzene rings is 1. The molecular weight excluding hydrogens is 340 g/mol. The fraction of sp³-hybridized carbons (Fsp3) is 0.100. The van der Waals surface area contributed by atoms with Gasteiger partial charge >= 0.3 is 6.03 Å². The summed E-state index contributed by atoms with van der Waals surface area (Å²) in [6.45, 7) is 0.384. The molecule has 0 aliphatic rings. The predicted octanol–water partition coefficient (Wildman–Crippen LogP) is 3.35. The standard InChI is InChI=1S/C20H18N6O/c1-26-13-15(12-24-26)17-8-7-14(10-22-17)11-23-20(27)25-19-6-2-5-18-16(19)4-3-9-21-18/h2-10,12-13H,11H2,1H3,(H2,23,25,27). The van der Waals surface area contributed by atoms with E-state index in [1.54, 1.807) is 23.3 Å². The summed E-state index contributed by atoms with van der Waals surface area (Å²) in [6.07, 6.45) is 7.16. The van der Waals surface area contributed by atoms with E-state index in [1.165, 1.54) is 0 Å². The quantitative estimate of drug-likeness (QED) is 0.586. The Balaban J connectivity index is 1.39. The highest BCUT2D eigenvalue weighted by molar-refractivity contribution is 6.00. The van der Waals surface area contributed by atoms with Gasteiger partial charge in [0.1, 0.15) is 0 Å². The Labute approximate surface area is 156 Å². The number of aromatic nitrogens is 4. The van der Waals surface area contributed by atoms with Crippen LogP contribution >= 0.6 is 0 Å². The van der Waals surface area contributed by atoms with Crippen LogP contribution in [0.15, 0.2) is 67.3 Å². The Hall–Kier alpha value is -3.74. The SMILES string of the molecule is Cn1cc(-c2ccc(CNC(=O)Nc3cccc4ncccc34)cn2)cn1. The molecule has 0 saturated carbocycles. The Morgan fingerprint density at radius 3 is 2.78 bits per heavy atom. The summed E-state index contributed by atoms with van der Waals surface area (Å²) in [5.41, 5.74) is 4.28. The first-order valence-electron chi connectivity index (χ1n) is 8.51. The van der Waals surface area contributed by atoms with Gasteiger partial charge < -0.3 is 10.6 Å². The average Bonchev–Trinajstić information content (AvgIpc) is 3.13. The fourth-order valence-electron chi connectivity index (χ4n) is 2.81. The van der Waals surface area contributed by atoms with Crippen LogP contribution in [0.5, 0.6) is 0 Å². The maximum Gasteiger partial charge on any atom is 0.319 e. The maximum atomic E-state index is 12.2. The van der Waals surface area contributed by atoms with Gasteiger partial charge in [0.05, 0.1) is 23.1 Å². The predicted molar refractivity (Wildman–Crippen MR) is 104 cm³/mol. The van der Waals surface area contributed by atoms with Crippen LogP contribution in [0.25, 0.3) is 22.2 Å². The van der Waals surface area contributed by atoms with E-state index in [0.717, 1.165) is 33.4 Å². The zero-order chi connectivity index (χ0) is 18.6. The lowest BCUT2D eigenvalue weighted by atomic mass is 10.2. The molecule has 4 rings (SSSR count). The summed E-state index contributed by atoms with van der Waals surface area (Å²) in [6, 6.07) is 13.0. The maximum absolute atomic E-state index is 12.2. The number of amides is 2. The molecule has 0 bridgehead atoms. The van der Waals surface area contributed by atoms with Crippen molar-refractivity contribution in [3.8, 4) is 11.3 Å². The number of carbonyl (C=O) groups is 1. The van der Waals surface area contributed by atoms with Gasteiger partial charge in [-0.2, -0.15) is 5.10 Å². The van der Waals surface area contributed by atoms with Crippen molar-refractivity contribution in [1.29, 1.82) is 0 Å². The van der Waals surface area contributed by atoms with Crippen molar-refractivity contribution in [1.82, 2.24) is 25.1 Å². The minimum absolute atomic E-state index is 0.275. The summed E-state index contributed by atoms with van der Waals surface area (Å²) in [7, 11) is 1.87. The van der Waals surface area contributed by atoms with Crippen molar-refractivity contribution in [3.05, 3.63) is 72.8 Å². The van der Waals surface area contributed by atoms with E-state index >= 15 is 0 Å². The van der Waals surface area contributed by atoms with Crippen LogP contribution in [0.4, 0.5) is 10.5 Å². The molecule has 0 aliphatic carbocycles. The number of hydrogen-bond donors (Lipinski definition) is 2. The number of aryl methyl sites for hydroxylation is 1. The topological polar surface area (TPSA) is 84.7 Å². The van der Waals surface area contributed by atoms with Gasteiger partial charge in [0, 0.05) is 43.1 Å². The van der Waals surface area contributed by atoms with E-state index in [1.807, 2.05) is 55.7 Å². The van der Waals surface area contributed by atoms with Gasteiger partial charge in [-0.3, -0.25) is 14.6 Å². The van der Waals surface area contributed by atoms with Crippen LogP contribution in [0.2, 0.25) is 0 Å². The molecule has 3 aromatic heterocycles. The van der Waals surface area contributed by atoms with E-state index in [-0.39, 0.29) is 6.03 Å². The third kappa shape index (κ3) is 3.77. The van der Waals surface area contributed by atoms with Crippen LogP contribution in [-0.4, -0.2) is 25.8 Å². The zero-order valence-corrected chi connectivity index (χ0v) is 14.8. The molecule has 0 radical (unpaired) electrons. The van der Waals surface area contributed by atoms with E-state index in [2.05, 4.69) is 25.7 Å². The number of nitrogens with one attached hydrogen (secondary N) is 2. The molecule has 0 fully saturated rings. The molecule has 1 aromatic carbocycles. The smallest absolute Gasteiger partial charge is 0.319 e. The Bertz CT molecular complexity index is 1080. The molecule has 2 amide bonds. The summed E-state index contributed by atoms with van der Waals surface area (Å²) in [5, 5.41) is 10.8. The molecule has 3 heterocycles. The first-order chi connectivity index (χ1) is 13.2. The minimum Gasteiger partial charge on any atom is -0.334 e. The highest BCUT2D eigenvalue weighted by atomic mass is 16.2. The lowest BCUT2D eigenvalue weighted by Crippen LogP contribution is -2.28. The molecule has 7 nitrogen and oxygen atoms in total. The number of carbonyl (C=O) groups excluding carboxylic acids is 1. The van der Waals surface area contributed by atoms with Crippen LogP contribution in [0, 0.1) is 0 Å². The van der Waals surface area contributed by atoms with Crippen molar-refractivity contribution >= 4 is 22.6 Å². The Morgan fingerprint density at radius 2 is 2.00 bits per heavy atom. The molecule has 7 heteroatoms. The third-order valence-electron chi connectivity index (χ3n) is 4.17. The van der Waals surface area contributed by atoms with Gasteiger partial charge in [-0.25, -0.2) is 4.79 Å². The van der Waals surface area contributed by atoms with Crippen LogP contribution in [0.1, 0.15) is 5.56 Å². The first-order valence-corrected chi connectivity index (χ1v) is 8.51. The van der Waals surface area contributed by atoms with Crippen molar-refractivity contribution < 1.29 is 4.79 Å². The number of urea groups is 1. The summed E-state index contributed by atoms with van der Waals surface area (Å²) >= 11 is 0. The molecule has 0 saturated heterocycles. The van der Waals surface area contributed by atoms with Gasteiger partial charge in [0.25, 0.3) is 0 Å². The molecule has 0 aliphatic heterocycles. The van der Waals surface area contributed by atoms with Gasteiger partial charge in [-0.1, -0.05) is 12.1 Å². The number of hydrogen-bond acceptors (Lipinski definition) is 4. The highest BCUT2D eigenvalue weighted by Crippen LogP contribution is 2.21. The van der Waals surface area contributed by atoms with E-state index in [4.69, 9.17) is 0 Å². The zero-order valence-electron chi connectivity index (χ0n) is 14.8. The van der Waals surface area contributed by atoms with Crippen LogP contribution < -0.4 is 10.6 Å². The third-order valence-corrected chi connectivity index (χ3v) is 4.17. The number of rotatable bonds is 4. The molecule has 0 unspecified atom stereocenters. The van der Waals surface area contributed by atoms with Crippen molar-refractivity contribution in [3.63, 3.8) is 0 Å². The van der Waals surface area contributed by atoms with Crippen molar-refractivity contribution in [2.75, 3.05) is 5.32 Å². The Kier molecular flexibility index (Phi) is 4.49. The average molecular weight is 358 g/mol. The van der Waals surface area contributed by atoms with Crippen LogP contribution in [0.3, 0.4) is 0 Å². The number of pyridine rings is 2. The van der Waals surface area contributed by atoms with E-state index in [9.17, 15) is 4.79 Å². The fourth-order valence-corrected chi connectivity index (χ4v) is 2.81. The lowest BCUT2D eigenvalue weighted by Gasteiger charge is -2.10. The minimum atomic E-state index is -0.275.